The van der Waals surface area contributed by atoms with Crippen LogP contribution in [-0.2, 0) is 10.9 Å². The van der Waals surface area contributed by atoms with Crippen LogP contribution in [0.2, 0.25) is 0 Å². The highest BCUT2D eigenvalue weighted by atomic mass is 19.4. The monoisotopic (exact) mass is 319 g/mol. The Morgan fingerprint density at radius 3 is 2.45 bits per heavy atom. The van der Waals surface area contributed by atoms with Gasteiger partial charge in [-0.1, -0.05) is 0 Å². The molecule has 1 saturated heterocycles. The van der Waals surface area contributed by atoms with Crippen molar-refractivity contribution in [3.8, 4) is 5.88 Å². The van der Waals surface area contributed by atoms with E-state index < -0.39 is 29.7 Å². The lowest BCUT2D eigenvalue weighted by Crippen LogP contribution is -2.57. The van der Waals surface area contributed by atoms with Gasteiger partial charge in [0.2, 0.25) is 5.88 Å². The zero-order chi connectivity index (χ0) is 16.5. The van der Waals surface area contributed by atoms with Gasteiger partial charge in [0.1, 0.15) is 18.0 Å². The second kappa shape index (κ2) is 5.62. The molecule has 0 aliphatic carbocycles. The molecule has 6 nitrogen and oxygen atoms in total. The highest BCUT2D eigenvalue weighted by Crippen LogP contribution is 2.29. The van der Waals surface area contributed by atoms with Gasteiger partial charge in [-0.3, -0.25) is 0 Å². The van der Waals surface area contributed by atoms with Crippen molar-refractivity contribution in [1.82, 2.24) is 14.9 Å². The van der Waals surface area contributed by atoms with Crippen LogP contribution in [0, 0.1) is 0 Å². The first-order valence-electron chi connectivity index (χ1n) is 6.58. The molecule has 1 aromatic heterocycles. The van der Waals surface area contributed by atoms with Crippen LogP contribution in [0.3, 0.4) is 0 Å². The first kappa shape index (κ1) is 16.3. The lowest BCUT2D eigenvalue weighted by atomic mass is 10.2. The van der Waals surface area contributed by atoms with E-state index >= 15 is 0 Å². The summed E-state index contributed by atoms with van der Waals surface area (Å²) in [6.07, 6.45) is -4.65. The number of halogens is 3. The summed E-state index contributed by atoms with van der Waals surface area (Å²) in [5, 5.41) is 0. The van der Waals surface area contributed by atoms with Crippen LogP contribution in [0.15, 0.2) is 12.4 Å². The molecule has 1 fully saturated rings. The number of rotatable bonds is 2. The zero-order valence-corrected chi connectivity index (χ0v) is 12.3. The second-order valence-corrected chi connectivity index (χ2v) is 5.86. The minimum Gasteiger partial charge on any atom is -0.470 e. The highest BCUT2D eigenvalue weighted by molar-refractivity contribution is 5.69. The standard InChI is InChI=1S/C13H16F3N3O3/c1-12(2,3)22-11(20)19-5-8(6-19)21-10-4-9(13(14,15)16)17-7-18-10/h4,7-8H,5-6H2,1-3H3. The van der Waals surface area contributed by atoms with Gasteiger partial charge in [0.05, 0.1) is 13.1 Å². The fraction of sp³-hybridized carbons (Fsp3) is 0.615. The van der Waals surface area contributed by atoms with Crippen molar-refractivity contribution >= 4 is 6.09 Å². The van der Waals surface area contributed by atoms with Crippen LogP contribution in [0.1, 0.15) is 26.5 Å². The topological polar surface area (TPSA) is 64.5 Å². The SMILES string of the molecule is CC(C)(C)OC(=O)N1CC(Oc2cc(C(F)(F)F)ncn2)C1. The summed E-state index contributed by atoms with van der Waals surface area (Å²) in [4.78, 5) is 19.9. The van der Waals surface area contributed by atoms with Crippen LogP contribution < -0.4 is 4.74 Å². The van der Waals surface area contributed by atoms with Crippen LogP contribution in [0.4, 0.5) is 18.0 Å². The van der Waals surface area contributed by atoms with E-state index in [1.807, 2.05) is 0 Å². The number of hydrogen-bond acceptors (Lipinski definition) is 5. The third-order valence-corrected chi connectivity index (χ3v) is 2.72. The maximum Gasteiger partial charge on any atom is 0.433 e. The molecule has 9 heteroatoms. The molecular formula is C13H16F3N3O3. The Balaban J connectivity index is 1.87. The molecule has 0 aromatic carbocycles. The molecular weight excluding hydrogens is 303 g/mol. The average Bonchev–Trinajstić information content (AvgIpc) is 2.30. The summed E-state index contributed by atoms with van der Waals surface area (Å²) < 4.78 is 48.0. The summed E-state index contributed by atoms with van der Waals surface area (Å²) in [7, 11) is 0. The molecule has 2 heterocycles. The summed E-state index contributed by atoms with van der Waals surface area (Å²) in [5.74, 6) is -0.170. The van der Waals surface area contributed by atoms with E-state index in [2.05, 4.69) is 9.97 Å². The van der Waals surface area contributed by atoms with Crippen molar-refractivity contribution in [1.29, 1.82) is 0 Å². The number of alkyl halides is 3. The number of carbonyl (C=O) groups is 1. The molecule has 0 bridgehead atoms. The summed E-state index contributed by atoms with van der Waals surface area (Å²) in [5.41, 5.74) is -1.67. The van der Waals surface area contributed by atoms with E-state index in [-0.39, 0.29) is 19.0 Å². The van der Waals surface area contributed by atoms with E-state index in [1.165, 1.54) is 4.90 Å². The molecule has 1 aromatic rings. The minimum absolute atomic E-state index is 0.170. The molecule has 0 N–H and O–H groups in total. The Kier molecular flexibility index (Phi) is 4.17. The molecule has 22 heavy (non-hydrogen) atoms. The van der Waals surface area contributed by atoms with Gasteiger partial charge in [-0.25, -0.2) is 14.8 Å². The molecule has 0 atom stereocenters. The normalized spacial score (nSPS) is 16.2. The van der Waals surface area contributed by atoms with Gasteiger partial charge in [0.25, 0.3) is 0 Å². The number of amides is 1. The van der Waals surface area contributed by atoms with E-state index in [4.69, 9.17) is 9.47 Å². The third-order valence-electron chi connectivity index (χ3n) is 2.72. The van der Waals surface area contributed by atoms with Gasteiger partial charge in [-0.05, 0) is 20.8 Å². The quantitative estimate of drug-likeness (QED) is 0.838. The van der Waals surface area contributed by atoms with Crippen molar-refractivity contribution < 1.29 is 27.4 Å². The maximum absolute atomic E-state index is 12.5. The fourth-order valence-corrected chi connectivity index (χ4v) is 1.72. The molecule has 122 valence electrons. The van der Waals surface area contributed by atoms with E-state index in [1.54, 1.807) is 20.8 Å². The first-order chi connectivity index (χ1) is 10.0. The number of carbonyl (C=O) groups excluding carboxylic acids is 1. The Morgan fingerprint density at radius 2 is 1.91 bits per heavy atom. The fourth-order valence-electron chi connectivity index (χ4n) is 1.72. The lowest BCUT2D eigenvalue weighted by Gasteiger charge is -2.39. The largest absolute Gasteiger partial charge is 0.470 e. The molecule has 1 aliphatic rings. The molecule has 1 amide bonds. The number of likely N-dealkylation sites (tertiary alicyclic amines) is 1. The molecule has 0 saturated carbocycles. The molecule has 1 aliphatic heterocycles. The number of ether oxygens (including phenoxy) is 2. The zero-order valence-electron chi connectivity index (χ0n) is 12.3. The van der Waals surface area contributed by atoms with Gasteiger partial charge in [0.15, 0.2) is 5.69 Å². The molecule has 2 rings (SSSR count). The van der Waals surface area contributed by atoms with Gasteiger partial charge in [0, 0.05) is 6.07 Å². The third kappa shape index (κ3) is 4.22. The van der Waals surface area contributed by atoms with Crippen LogP contribution in [0.5, 0.6) is 5.88 Å². The van der Waals surface area contributed by atoms with Crippen molar-refractivity contribution in [3.63, 3.8) is 0 Å². The van der Waals surface area contributed by atoms with E-state index in [0.717, 1.165) is 12.4 Å². The van der Waals surface area contributed by atoms with Crippen LogP contribution in [-0.4, -0.2) is 45.8 Å². The van der Waals surface area contributed by atoms with Crippen LogP contribution >= 0.6 is 0 Å². The Morgan fingerprint density at radius 1 is 1.27 bits per heavy atom. The van der Waals surface area contributed by atoms with E-state index in [9.17, 15) is 18.0 Å². The lowest BCUT2D eigenvalue weighted by molar-refractivity contribution is -0.141. The summed E-state index contributed by atoms with van der Waals surface area (Å²) >= 11 is 0. The number of aromatic nitrogens is 2. The van der Waals surface area contributed by atoms with E-state index in [0.29, 0.717) is 0 Å². The van der Waals surface area contributed by atoms with Gasteiger partial charge in [-0.2, -0.15) is 13.2 Å². The van der Waals surface area contributed by atoms with Crippen molar-refractivity contribution in [3.05, 3.63) is 18.1 Å². The predicted octanol–water partition coefficient (Wildman–Crippen LogP) is 2.49. The summed E-state index contributed by atoms with van der Waals surface area (Å²) in [6.45, 7) is 5.72. The molecule has 0 unspecified atom stereocenters. The Hall–Kier alpha value is -2.06. The minimum atomic E-state index is -4.55. The van der Waals surface area contributed by atoms with Gasteiger partial charge in [-0.15, -0.1) is 0 Å². The van der Waals surface area contributed by atoms with Crippen molar-refractivity contribution in [2.45, 2.75) is 38.7 Å². The predicted molar refractivity (Wildman–Crippen MR) is 69.3 cm³/mol. The van der Waals surface area contributed by atoms with Crippen LogP contribution in [0.25, 0.3) is 0 Å². The molecule has 0 spiro atoms. The van der Waals surface area contributed by atoms with Gasteiger partial charge >= 0.3 is 12.3 Å². The first-order valence-corrected chi connectivity index (χ1v) is 6.58. The summed E-state index contributed by atoms with van der Waals surface area (Å²) in [6, 6.07) is 0.732. The molecule has 0 radical (unpaired) electrons. The Labute approximate surface area is 125 Å². The maximum atomic E-state index is 12.5. The van der Waals surface area contributed by atoms with Crippen molar-refractivity contribution in [2.75, 3.05) is 13.1 Å². The van der Waals surface area contributed by atoms with Crippen molar-refractivity contribution in [2.24, 2.45) is 0 Å². The number of hydrogen-bond donors (Lipinski definition) is 0. The van der Waals surface area contributed by atoms with Gasteiger partial charge < -0.3 is 14.4 Å². The number of nitrogens with zero attached hydrogens (tertiary/aromatic N) is 3. The smallest absolute Gasteiger partial charge is 0.433 e. The average molecular weight is 319 g/mol. The second-order valence-electron chi connectivity index (χ2n) is 5.86. The highest BCUT2D eigenvalue weighted by Gasteiger charge is 2.36. The Bertz CT molecular complexity index is 551.